The number of benzene rings is 1. The molecule has 3 nitrogen and oxygen atoms in total. The molecule has 1 aliphatic rings. The number of methoxy groups -OCH3 is 1. The van der Waals surface area contributed by atoms with Crippen LogP contribution in [0.25, 0.3) is 0 Å². The third-order valence-corrected chi connectivity index (χ3v) is 6.52. The fourth-order valence-corrected chi connectivity index (χ4v) is 4.56. The van der Waals surface area contributed by atoms with E-state index >= 15 is 0 Å². The van der Waals surface area contributed by atoms with Gasteiger partial charge in [-0.05, 0) is 43.4 Å². The van der Waals surface area contributed by atoms with Gasteiger partial charge in [-0.15, -0.1) is 0 Å². The molecule has 0 heterocycles. The van der Waals surface area contributed by atoms with Crippen molar-refractivity contribution in [1.29, 1.82) is 0 Å². The minimum absolute atomic E-state index is 0.0701. The van der Waals surface area contributed by atoms with Gasteiger partial charge in [0.05, 0.1) is 18.1 Å². The van der Waals surface area contributed by atoms with Gasteiger partial charge in [0.25, 0.3) is 0 Å². The SMILES string of the molecule is COc1cc(Br)ccc1CCCS(=O)(=O)C1CCC1. The summed E-state index contributed by atoms with van der Waals surface area (Å²) in [5, 5.41) is -0.0701. The summed E-state index contributed by atoms with van der Waals surface area (Å²) in [6.07, 6.45) is 4.16. The summed E-state index contributed by atoms with van der Waals surface area (Å²) in [5.41, 5.74) is 1.06. The van der Waals surface area contributed by atoms with Crippen LogP contribution in [0.5, 0.6) is 5.75 Å². The largest absolute Gasteiger partial charge is 0.496 e. The van der Waals surface area contributed by atoms with Crippen LogP contribution < -0.4 is 4.74 Å². The average Bonchev–Trinajstić information content (AvgIpc) is 2.27. The van der Waals surface area contributed by atoms with Crippen LogP contribution in [-0.2, 0) is 16.3 Å². The van der Waals surface area contributed by atoms with Crippen LogP contribution in [0.4, 0.5) is 0 Å². The first-order chi connectivity index (χ1) is 9.03. The zero-order valence-corrected chi connectivity index (χ0v) is 13.5. The van der Waals surface area contributed by atoms with Crippen LogP contribution in [-0.4, -0.2) is 26.5 Å². The summed E-state index contributed by atoms with van der Waals surface area (Å²) in [6.45, 7) is 0. The van der Waals surface area contributed by atoms with Crippen molar-refractivity contribution in [2.75, 3.05) is 12.9 Å². The molecule has 0 bridgehead atoms. The van der Waals surface area contributed by atoms with Gasteiger partial charge in [0, 0.05) is 4.47 Å². The molecule has 0 radical (unpaired) electrons. The summed E-state index contributed by atoms with van der Waals surface area (Å²) < 4.78 is 30.2. The number of hydrogen-bond acceptors (Lipinski definition) is 3. The first kappa shape index (κ1) is 14.9. The van der Waals surface area contributed by atoms with Crippen LogP contribution in [0.2, 0.25) is 0 Å². The van der Waals surface area contributed by atoms with Gasteiger partial charge in [-0.2, -0.15) is 0 Å². The summed E-state index contributed by atoms with van der Waals surface area (Å²) in [6, 6.07) is 5.85. The molecule has 19 heavy (non-hydrogen) atoms. The zero-order valence-electron chi connectivity index (χ0n) is 11.1. The summed E-state index contributed by atoms with van der Waals surface area (Å²) >= 11 is 3.40. The first-order valence-electron chi connectivity index (χ1n) is 6.57. The predicted molar refractivity (Wildman–Crippen MR) is 80.4 cm³/mol. The van der Waals surface area contributed by atoms with Gasteiger partial charge in [-0.3, -0.25) is 0 Å². The van der Waals surface area contributed by atoms with E-state index in [-0.39, 0.29) is 11.0 Å². The van der Waals surface area contributed by atoms with Crippen LogP contribution in [0.15, 0.2) is 22.7 Å². The second-order valence-electron chi connectivity index (χ2n) is 4.98. The van der Waals surface area contributed by atoms with Crippen LogP contribution in [0.1, 0.15) is 31.2 Å². The lowest BCUT2D eigenvalue weighted by molar-refractivity contribution is 0.409. The molecule has 0 unspecified atom stereocenters. The van der Waals surface area contributed by atoms with Gasteiger partial charge in [-0.25, -0.2) is 8.42 Å². The molecule has 0 saturated heterocycles. The van der Waals surface area contributed by atoms with Crippen molar-refractivity contribution < 1.29 is 13.2 Å². The molecule has 5 heteroatoms. The van der Waals surface area contributed by atoms with Gasteiger partial charge in [-0.1, -0.05) is 28.4 Å². The normalized spacial score (nSPS) is 16.1. The Morgan fingerprint density at radius 2 is 2.11 bits per heavy atom. The number of halogens is 1. The van der Waals surface area contributed by atoms with E-state index in [1.807, 2.05) is 18.2 Å². The fourth-order valence-electron chi connectivity index (χ4n) is 2.29. The number of aryl methyl sites for hydroxylation is 1. The van der Waals surface area contributed by atoms with Crippen molar-refractivity contribution in [3.63, 3.8) is 0 Å². The Bertz CT molecular complexity index is 536. The molecule has 1 saturated carbocycles. The molecule has 0 spiro atoms. The molecule has 1 aromatic rings. The Kier molecular flexibility index (Phi) is 4.90. The maximum atomic E-state index is 12.0. The third-order valence-electron chi connectivity index (χ3n) is 3.68. The lowest BCUT2D eigenvalue weighted by Crippen LogP contribution is -2.30. The van der Waals surface area contributed by atoms with E-state index in [4.69, 9.17) is 4.74 Å². The van der Waals surface area contributed by atoms with E-state index in [0.717, 1.165) is 41.5 Å². The van der Waals surface area contributed by atoms with Crippen LogP contribution in [0, 0.1) is 0 Å². The van der Waals surface area contributed by atoms with E-state index in [0.29, 0.717) is 6.42 Å². The molecule has 1 fully saturated rings. The highest BCUT2D eigenvalue weighted by atomic mass is 79.9. The van der Waals surface area contributed by atoms with E-state index in [1.54, 1.807) is 7.11 Å². The van der Waals surface area contributed by atoms with Crippen molar-refractivity contribution in [2.45, 2.75) is 37.4 Å². The van der Waals surface area contributed by atoms with E-state index in [2.05, 4.69) is 15.9 Å². The first-order valence-corrected chi connectivity index (χ1v) is 9.08. The molecule has 0 N–H and O–H groups in total. The second kappa shape index (κ2) is 6.27. The fraction of sp³-hybridized carbons (Fsp3) is 0.571. The Balaban J connectivity index is 1.92. The van der Waals surface area contributed by atoms with Crippen molar-refractivity contribution in [2.24, 2.45) is 0 Å². The predicted octanol–water partition coefficient (Wildman–Crippen LogP) is 3.36. The highest BCUT2D eigenvalue weighted by Crippen LogP contribution is 2.28. The monoisotopic (exact) mass is 346 g/mol. The number of rotatable bonds is 6. The highest BCUT2D eigenvalue weighted by molar-refractivity contribution is 9.10. The molecular weight excluding hydrogens is 328 g/mol. The van der Waals surface area contributed by atoms with E-state index in [1.165, 1.54) is 0 Å². The molecule has 0 amide bonds. The molecule has 1 aromatic carbocycles. The minimum atomic E-state index is -2.87. The lowest BCUT2D eigenvalue weighted by atomic mass is 10.00. The Labute approximate surface area is 123 Å². The van der Waals surface area contributed by atoms with Crippen molar-refractivity contribution >= 4 is 25.8 Å². The van der Waals surface area contributed by atoms with Crippen molar-refractivity contribution in [3.05, 3.63) is 28.2 Å². The Morgan fingerprint density at radius 3 is 2.68 bits per heavy atom. The van der Waals surface area contributed by atoms with Gasteiger partial charge in [0.15, 0.2) is 9.84 Å². The van der Waals surface area contributed by atoms with E-state index in [9.17, 15) is 8.42 Å². The minimum Gasteiger partial charge on any atom is -0.496 e. The maximum absolute atomic E-state index is 12.0. The van der Waals surface area contributed by atoms with Gasteiger partial charge in [0.1, 0.15) is 5.75 Å². The summed E-state index contributed by atoms with van der Waals surface area (Å²) in [4.78, 5) is 0. The quantitative estimate of drug-likeness (QED) is 0.793. The molecule has 106 valence electrons. The Hall–Kier alpha value is -0.550. The van der Waals surface area contributed by atoms with Gasteiger partial charge >= 0.3 is 0 Å². The van der Waals surface area contributed by atoms with E-state index < -0.39 is 9.84 Å². The summed E-state index contributed by atoms with van der Waals surface area (Å²) in [5.74, 6) is 1.10. The Morgan fingerprint density at radius 1 is 1.37 bits per heavy atom. The van der Waals surface area contributed by atoms with Gasteiger partial charge in [0.2, 0.25) is 0 Å². The maximum Gasteiger partial charge on any atom is 0.153 e. The summed E-state index contributed by atoms with van der Waals surface area (Å²) in [7, 11) is -1.24. The molecule has 0 atom stereocenters. The topological polar surface area (TPSA) is 43.4 Å². The molecule has 0 aliphatic heterocycles. The highest BCUT2D eigenvalue weighted by Gasteiger charge is 2.30. The second-order valence-corrected chi connectivity index (χ2v) is 8.30. The molecule has 1 aliphatic carbocycles. The van der Waals surface area contributed by atoms with Crippen molar-refractivity contribution in [3.8, 4) is 5.75 Å². The average molecular weight is 347 g/mol. The number of hydrogen-bond donors (Lipinski definition) is 0. The van der Waals surface area contributed by atoms with Gasteiger partial charge < -0.3 is 4.74 Å². The molecule has 2 rings (SSSR count). The van der Waals surface area contributed by atoms with Crippen LogP contribution >= 0.6 is 15.9 Å². The van der Waals surface area contributed by atoms with Crippen LogP contribution in [0.3, 0.4) is 0 Å². The molecular formula is C14H19BrO3S. The number of sulfone groups is 1. The lowest BCUT2D eigenvalue weighted by Gasteiger charge is -2.25. The number of ether oxygens (including phenoxy) is 1. The molecule has 0 aromatic heterocycles. The zero-order chi connectivity index (χ0) is 13.9. The third kappa shape index (κ3) is 3.72. The van der Waals surface area contributed by atoms with Crippen molar-refractivity contribution in [1.82, 2.24) is 0 Å². The smallest absolute Gasteiger partial charge is 0.153 e. The standard InChI is InChI=1S/C14H19BrO3S/c1-18-14-10-12(15)8-7-11(14)4-3-9-19(16,17)13-5-2-6-13/h7-8,10,13H,2-6,9H2,1H3.